The van der Waals surface area contributed by atoms with Crippen LogP contribution in [0.15, 0.2) is 24.3 Å². The van der Waals surface area contributed by atoms with E-state index in [2.05, 4.69) is 16.0 Å². The second-order valence-corrected chi connectivity index (χ2v) is 8.75. The summed E-state index contributed by atoms with van der Waals surface area (Å²) in [4.78, 5) is 24.7. The number of hydrogen-bond donors (Lipinski definition) is 5. The minimum atomic E-state index is -0.606. The van der Waals surface area contributed by atoms with E-state index in [1.807, 2.05) is 6.92 Å². The molecule has 0 saturated carbocycles. The topological polar surface area (TPSA) is 116 Å². The van der Waals surface area contributed by atoms with Crippen molar-refractivity contribution in [3.05, 3.63) is 29.8 Å². The van der Waals surface area contributed by atoms with Crippen molar-refractivity contribution in [2.24, 2.45) is 5.73 Å². The number of hydrogen-bond acceptors (Lipinski definition) is 5. The largest absolute Gasteiger partial charge is 0.508 e. The first-order valence-electron chi connectivity index (χ1n) is 12.8. The number of carbonyl (C=O) groups is 2. The van der Waals surface area contributed by atoms with Gasteiger partial charge in [-0.05, 0) is 69.4 Å². The third-order valence-corrected chi connectivity index (χ3v) is 5.64. The highest BCUT2D eigenvalue weighted by molar-refractivity contribution is 5.87. The molecule has 7 heteroatoms. The lowest BCUT2D eigenvalue weighted by Crippen LogP contribution is -2.48. The van der Waals surface area contributed by atoms with Gasteiger partial charge in [0.2, 0.25) is 11.8 Å². The third-order valence-electron chi connectivity index (χ3n) is 5.64. The quantitative estimate of drug-likeness (QED) is 0.190. The molecule has 1 aromatic carbocycles. The summed E-state index contributed by atoms with van der Waals surface area (Å²) in [5.41, 5.74) is 6.40. The lowest BCUT2D eigenvalue weighted by molar-refractivity contribution is -0.129. The molecule has 0 aromatic heterocycles. The van der Waals surface area contributed by atoms with Gasteiger partial charge in [0, 0.05) is 19.4 Å². The van der Waals surface area contributed by atoms with E-state index in [1.165, 1.54) is 32.1 Å². The van der Waals surface area contributed by atoms with Crippen molar-refractivity contribution < 1.29 is 14.7 Å². The Morgan fingerprint density at radius 1 is 0.879 bits per heavy atom. The molecule has 1 aromatic rings. The van der Waals surface area contributed by atoms with Crippen LogP contribution in [0.2, 0.25) is 0 Å². The predicted molar refractivity (Wildman–Crippen MR) is 135 cm³/mol. The van der Waals surface area contributed by atoms with Crippen molar-refractivity contribution in [2.45, 2.75) is 90.0 Å². The van der Waals surface area contributed by atoms with Crippen LogP contribution < -0.4 is 21.7 Å². The molecule has 1 atom stereocenters. The van der Waals surface area contributed by atoms with Crippen LogP contribution in [0.25, 0.3) is 0 Å². The fourth-order valence-electron chi connectivity index (χ4n) is 3.68. The molecule has 1 rings (SSSR count). The van der Waals surface area contributed by atoms with Gasteiger partial charge in [-0.3, -0.25) is 9.59 Å². The maximum atomic E-state index is 12.7. The van der Waals surface area contributed by atoms with E-state index in [-0.39, 0.29) is 17.6 Å². The summed E-state index contributed by atoms with van der Waals surface area (Å²) in [6.07, 6.45) is 12.1. The highest BCUT2D eigenvalue weighted by Crippen LogP contribution is 2.12. The molecule has 0 heterocycles. The van der Waals surface area contributed by atoms with E-state index < -0.39 is 6.04 Å². The fraction of sp³-hybridized carbons (Fsp3) is 0.692. The molecule has 2 amide bonds. The standard InChI is InChI=1S/C26H46N4O3/c1-2-12-25(32)30-24(21-22-13-15-23(31)16-14-22)26(33)29-20-11-7-10-19-28-18-9-6-4-3-5-8-17-27/h13-16,24,28,31H,2-12,17-21,27H2,1H3,(H,29,33)(H,30,32)/t24-/m0/s1. The van der Waals surface area contributed by atoms with E-state index in [1.54, 1.807) is 24.3 Å². The van der Waals surface area contributed by atoms with Crippen LogP contribution in [-0.4, -0.2) is 49.1 Å². The monoisotopic (exact) mass is 462 g/mol. The smallest absolute Gasteiger partial charge is 0.242 e. The first kappa shape index (κ1) is 28.9. The SMILES string of the molecule is CCCC(=O)N[C@@H](Cc1ccc(O)cc1)C(=O)NCCCCCNCCCCCCCCN. The summed E-state index contributed by atoms with van der Waals surface area (Å²) in [7, 11) is 0. The van der Waals surface area contributed by atoms with Crippen molar-refractivity contribution in [1.29, 1.82) is 0 Å². The van der Waals surface area contributed by atoms with Crippen LogP contribution >= 0.6 is 0 Å². The van der Waals surface area contributed by atoms with E-state index in [0.29, 0.717) is 19.4 Å². The Labute approximate surface area is 200 Å². The van der Waals surface area contributed by atoms with Gasteiger partial charge in [-0.25, -0.2) is 0 Å². The van der Waals surface area contributed by atoms with Gasteiger partial charge in [0.1, 0.15) is 11.8 Å². The first-order chi connectivity index (χ1) is 16.1. The van der Waals surface area contributed by atoms with E-state index in [4.69, 9.17) is 5.73 Å². The van der Waals surface area contributed by atoms with Crippen molar-refractivity contribution in [3.63, 3.8) is 0 Å². The summed E-state index contributed by atoms with van der Waals surface area (Å²) in [6.45, 7) is 5.44. The second-order valence-electron chi connectivity index (χ2n) is 8.75. The molecule has 0 unspecified atom stereocenters. The maximum absolute atomic E-state index is 12.7. The molecule has 0 bridgehead atoms. The second kappa shape index (κ2) is 19.4. The zero-order valence-corrected chi connectivity index (χ0v) is 20.5. The van der Waals surface area contributed by atoms with Crippen molar-refractivity contribution in [1.82, 2.24) is 16.0 Å². The van der Waals surface area contributed by atoms with Crippen LogP contribution in [0.1, 0.15) is 83.1 Å². The molecule has 0 fully saturated rings. The Bertz CT molecular complexity index is 637. The van der Waals surface area contributed by atoms with Gasteiger partial charge in [0.15, 0.2) is 0 Å². The molecular formula is C26H46N4O3. The van der Waals surface area contributed by atoms with Crippen LogP contribution in [0, 0.1) is 0 Å². The Kier molecular flexibility index (Phi) is 17.0. The Hall–Kier alpha value is -2.12. The van der Waals surface area contributed by atoms with Gasteiger partial charge in [-0.1, -0.05) is 51.2 Å². The van der Waals surface area contributed by atoms with E-state index in [9.17, 15) is 14.7 Å². The summed E-state index contributed by atoms with van der Waals surface area (Å²) >= 11 is 0. The Morgan fingerprint density at radius 3 is 2.09 bits per heavy atom. The van der Waals surface area contributed by atoms with Gasteiger partial charge >= 0.3 is 0 Å². The molecular weight excluding hydrogens is 416 g/mol. The van der Waals surface area contributed by atoms with Gasteiger partial charge < -0.3 is 26.8 Å². The lowest BCUT2D eigenvalue weighted by Gasteiger charge is -2.19. The summed E-state index contributed by atoms with van der Waals surface area (Å²) in [5, 5.41) is 18.8. The number of aromatic hydroxyl groups is 1. The molecule has 33 heavy (non-hydrogen) atoms. The summed E-state index contributed by atoms with van der Waals surface area (Å²) in [6, 6.07) is 6.13. The van der Waals surface area contributed by atoms with Crippen molar-refractivity contribution in [2.75, 3.05) is 26.2 Å². The normalized spacial score (nSPS) is 11.8. The molecule has 0 aliphatic rings. The molecule has 0 saturated heterocycles. The number of unbranched alkanes of at least 4 members (excludes halogenated alkanes) is 7. The Morgan fingerprint density at radius 2 is 1.45 bits per heavy atom. The predicted octanol–water partition coefficient (Wildman–Crippen LogP) is 3.40. The molecule has 0 aliphatic heterocycles. The van der Waals surface area contributed by atoms with Crippen LogP contribution in [-0.2, 0) is 16.0 Å². The van der Waals surface area contributed by atoms with Gasteiger partial charge in [-0.2, -0.15) is 0 Å². The van der Waals surface area contributed by atoms with Crippen LogP contribution in [0.3, 0.4) is 0 Å². The van der Waals surface area contributed by atoms with Gasteiger partial charge in [-0.15, -0.1) is 0 Å². The first-order valence-corrected chi connectivity index (χ1v) is 12.8. The number of rotatable bonds is 20. The number of benzene rings is 1. The van der Waals surface area contributed by atoms with Crippen LogP contribution in [0.5, 0.6) is 5.75 Å². The number of nitrogens with two attached hydrogens (primary N) is 1. The lowest BCUT2D eigenvalue weighted by atomic mass is 10.0. The van der Waals surface area contributed by atoms with Crippen molar-refractivity contribution in [3.8, 4) is 5.75 Å². The third kappa shape index (κ3) is 15.4. The average Bonchev–Trinajstić information content (AvgIpc) is 2.80. The number of phenolic OH excluding ortho intramolecular Hbond substituents is 1. The molecule has 0 spiro atoms. The summed E-state index contributed by atoms with van der Waals surface area (Å²) in [5.74, 6) is -0.0854. The zero-order valence-electron chi connectivity index (χ0n) is 20.5. The number of amides is 2. The molecule has 188 valence electrons. The van der Waals surface area contributed by atoms with E-state index >= 15 is 0 Å². The summed E-state index contributed by atoms with van der Waals surface area (Å²) < 4.78 is 0. The van der Waals surface area contributed by atoms with E-state index in [0.717, 1.165) is 57.3 Å². The minimum absolute atomic E-state index is 0.113. The molecule has 0 radical (unpaired) electrons. The van der Waals surface area contributed by atoms with Gasteiger partial charge in [0.25, 0.3) is 0 Å². The highest BCUT2D eigenvalue weighted by Gasteiger charge is 2.20. The average molecular weight is 463 g/mol. The van der Waals surface area contributed by atoms with Gasteiger partial charge in [0.05, 0.1) is 0 Å². The minimum Gasteiger partial charge on any atom is -0.508 e. The van der Waals surface area contributed by atoms with Crippen LogP contribution in [0.4, 0.5) is 0 Å². The highest BCUT2D eigenvalue weighted by atomic mass is 16.3. The number of nitrogens with one attached hydrogen (secondary N) is 3. The number of carbonyl (C=O) groups excluding carboxylic acids is 2. The molecule has 7 nitrogen and oxygen atoms in total. The Balaban J connectivity index is 2.18. The molecule has 0 aliphatic carbocycles. The maximum Gasteiger partial charge on any atom is 0.242 e. The number of phenols is 1. The van der Waals surface area contributed by atoms with Crippen molar-refractivity contribution >= 4 is 11.8 Å². The zero-order chi connectivity index (χ0) is 24.2. The fourth-order valence-corrected chi connectivity index (χ4v) is 3.68. The molecule has 6 N–H and O–H groups in total.